The molecule has 0 saturated heterocycles. The molecule has 0 aliphatic heterocycles. The molecule has 1 aromatic heterocycles. The minimum atomic E-state index is 0.296. The van der Waals surface area contributed by atoms with E-state index in [0.29, 0.717) is 17.5 Å². The Morgan fingerprint density at radius 3 is 2.67 bits per heavy atom. The maximum Gasteiger partial charge on any atom is 0.0630 e. The molecular formula is C18H33N3. The number of hydrogen-bond acceptors (Lipinski definition) is 2. The van der Waals surface area contributed by atoms with E-state index in [-0.39, 0.29) is 0 Å². The van der Waals surface area contributed by atoms with Gasteiger partial charge in [0, 0.05) is 18.3 Å². The lowest BCUT2D eigenvalue weighted by molar-refractivity contribution is 0.0970. The molecule has 1 heterocycles. The summed E-state index contributed by atoms with van der Waals surface area (Å²) in [6.07, 6.45) is 7.21. The summed E-state index contributed by atoms with van der Waals surface area (Å²) in [4.78, 5) is 0. The van der Waals surface area contributed by atoms with Gasteiger partial charge in [0.15, 0.2) is 0 Å². The van der Waals surface area contributed by atoms with Crippen molar-refractivity contribution >= 4 is 0 Å². The molecule has 120 valence electrons. The summed E-state index contributed by atoms with van der Waals surface area (Å²) in [6.45, 7) is 11.6. The van der Waals surface area contributed by atoms with E-state index in [4.69, 9.17) is 5.10 Å². The highest BCUT2D eigenvalue weighted by molar-refractivity contribution is 5.05. The highest BCUT2D eigenvalue weighted by atomic mass is 15.3. The van der Waals surface area contributed by atoms with Gasteiger partial charge in [-0.05, 0) is 63.5 Å². The molecule has 3 unspecified atom stereocenters. The average molecular weight is 291 g/mol. The molecule has 3 atom stereocenters. The van der Waals surface area contributed by atoms with Crippen molar-refractivity contribution in [2.75, 3.05) is 7.05 Å². The zero-order valence-corrected chi connectivity index (χ0v) is 14.7. The zero-order chi connectivity index (χ0) is 15.6. The van der Waals surface area contributed by atoms with E-state index in [0.717, 1.165) is 18.3 Å². The molecule has 21 heavy (non-hydrogen) atoms. The van der Waals surface area contributed by atoms with Crippen molar-refractivity contribution in [3.05, 3.63) is 18.0 Å². The normalized spacial score (nSPS) is 27.3. The minimum absolute atomic E-state index is 0.296. The predicted octanol–water partition coefficient (Wildman–Crippen LogP) is 4.06. The third kappa shape index (κ3) is 3.88. The maximum absolute atomic E-state index is 4.75. The van der Waals surface area contributed by atoms with Crippen LogP contribution in [0.2, 0.25) is 0 Å². The topological polar surface area (TPSA) is 29.9 Å². The van der Waals surface area contributed by atoms with Crippen molar-refractivity contribution < 1.29 is 0 Å². The first kappa shape index (κ1) is 16.5. The second kappa shape index (κ2) is 6.51. The van der Waals surface area contributed by atoms with Crippen molar-refractivity contribution in [2.24, 2.45) is 17.3 Å². The fourth-order valence-corrected chi connectivity index (χ4v) is 3.99. The van der Waals surface area contributed by atoms with Gasteiger partial charge >= 0.3 is 0 Å². The van der Waals surface area contributed by atoms with Crippen LogP contribution in [0.25, 0.3) is 0 Å². The van der Waals surface area contributed by atoms with E-state index < -0.39 is 0 Å². The Balaban J connectivity index is 2.08. The van der Waals surface area contributed by atoms with Gasteiger partial charge in [0.25, 0.3) is 0 Å². The Hall–Kier alpha value is -0.830. The second-order valence-electron chi connectivity index (χ2n) is 7.97. The molecule has 2 rings (SSSR count). The average Bonchev–Trinajstić information content (AvgIpc) is 2.86. The van der Waals surface area contributed by atoms with Gasteiger partial charge in [0.2, 0.25) is 0 Å². The molecule has 0 amide bonds. The van der Waals surface area contributed by atoms with Gasteiger partial charge in [-0.25, -0.2) is 0 Å². The van der Waals surface area contributed by atoms with E-state index in [1.165, 1.54) is 25.0 Å². The molecule has 1 saturated carbocycles. The summed E-state index contributed by atoms with van der Waals surface area (Å²) < 4.78 is 2.07. The zero-order valence-electron chi connectivity index (χ0n) is 14.7. The molecule has 1 aromatic rings. The number of aromatic nitrogens is 2. The molecular weight excluding hydrogens is 258 g/mol. The summed E-state index contributed by atoms with van der Waals surface area (Å²) in [5, 5.41) is 8.33. The summed E-state index contributed by atoms with van der Waals surface area (Å²) in [6, 6.07) is 3.29. The van der Waals surface area contributed by atoms with Crippen LogP contribution < -0.4 is 5.32 Å². The lowest BCUT2D eigenvalue weighted by atomic mass is 9.64. The van der Waals surface area contributed by atoms with Crippen molar-refractivity contribution in [1.29, 1.82) is 0 Å². The van der Waals surface area contributed by atoms with Crippen LogP contribution in [0.15, 0.2) is 12.3 Å². The van der Waals surface area contributed by atoms with Crippen LogP contribution in [0.1, 0.15) is 65.6 Å². The van der Waals surface area contributed by atoms with Crippen LogP contribution in [0.4, 0.5) is 0 Å². The SMILES string of the molecule is CNC1CC(C)CCC1C(C)(C)Cc1ccn(C(C)C)n1. The number of nitrogens with one attached hydrogen (secondary N) is 1. The molecule has 0 radical (unpaired) electrons. The Labute approximate surface area is 130 Å². The first-order valence-electron chi connectivity index (χ1n) is 8.54. The van der Waals surface area contributed by atoms with Crippen molar-refractivity contribution in [3.63, 3.8) is 0 Å². The predicted molar refractivity (Wildman–Crippen MR) is 89.4 cm³/mol. The third-order valence-electron chi connectivity index (χ3n) is 5.32. The van der Waals surface area contributed by atoms with E-state index in [1.54, 1.807) is 0 Å². The number of nitrogens with zero attached hydrogens (tertiary/aromatic N) is 2. The van der Waals surface area contributed by atoms with Gasteiger partial charge in [0.1, 0.15) is 0 Å². The molecule has 0 bridgehead atoms. The Kier molecular flexibility index (Phi) is 5.13. The summed E-state index contributed by atoms with van der Waals surface area (Å²) >= 11 is 0. The summed E-state index contributed by atoms with van der Waals surface area (Å²) in [7, 11) is 2.12. The first-order chi connectivity index (χ1) is 9.83. The summed E-state index contributed by atoms with van der Waals surface area (Å²) in [5.74, 6) is 1.59. The van der Waals surface area contributed by atoms with Crippen molar-refractivity contribution in [1.82, 2.24) is 15.1 Å². The van der Waals surface area contributed by atoms with Gasteiger partial charge in [-0.2, -0.15) is 5.10 Å². The van der Waals surface area contributed by atoms with E-state index in [1.807, 2.05) is 0 Å². The minimum Gasteiger partial charge on any atom is -0.317 e. The lowest BCUT2D eigenvalue weighted by Crippen LogP contribution is -2.46. The molecule has 0 aromatic carbocycles. The highest BCUT2D eigenvalue weighted by Gasteiger charge is 2.38. The molecule has 3 heteroatoms. The molecule has 1 aliphatic carbocycles. The van der Waals surface area contributed by atoms with Gasteiger partial charge in [-0.1, -0.05) is 27.2 Å². The smallest absolute Gasteiger partial charge is 0.0630 e. The Morgan fingerprint density at radius 1 is 1.38 bits per heavy atom. The van der Waals surface area contributed by atoms with Crippen LogP contribution in [-0.2, 0) is 6.42 Å². The Morgan fingerprint density at radius 2 is 2.10 bits per heavy atom. The fourth-order valence-electron chi connectivity index (χ4n) is 3.99. The van der Waals surface area contributed by atoms with E-state index in [9.17, 15) is 0 Å². The fraction of sp³-hybridized carbons (Fsp3) is 0.833. The molecule has 1 fully saturated rings. The lowest BCUT2D eigenvalue weighted by Gasteiger charge is -2.44. The number of rotatable bonds is 5. The second-order valence-corrected chi connectivity index (χ2v) is 7.97. The standard InChI is InChI=1S/C18H33N3/c1-13(2)21-10-9-15(20-21)12-18(4,5)16-8-7-14(3)11-17(16)19-6/h9-10,13-14,16-17,19H,7-8,11-12H2,1-6H3. The molecule has 1 N–H and O–H groups in total. The van der Waals surface area contributed by atoms with Crippen LogP contribution >= 0.6 is 0 Å². The van der Waals surface area contributed by atoms with Crippen LogP contribution in [0, 0.1) is 17.3 Å². The van der Waals surface area contributed by atoms with Gasteiger partial charge in [0.05, 0.1) is 5.69 Å². The maximum atomic E-state index is 4.75. The molecule has 0 spiro atoms. The quantitative estimate of drug-likeness (QED) is 0.886. The monoisotopic (exact) mass is 291 g/mol. The molecule has 1 aliphatic rings. The first-order valence-corrected chi connectivity index (χ1v) is 8.54. The Bertz CT molecular complexity index is 447. The van der Waals surface area contributed by atoms with Crippen molar-refractivity contribution in [2.45, 2.75) is 72.4 Å². The third-order valence-corrected chi connectivity index (χ3v) is 5.32. The van der Waals surface area contributed by atoms with Gasteiger partial charge < -0.3 is 5.32 Å². The largest absolute Gasteiger partial charge is 0.317 e. The van der Waals surface area contributed by atoms with Crippen LogP contribution in [0.3, 0.4) is 0 Å². The number of hydrogen-bond donors (Lipinski definition) is 1. The molecule has 3 nitrogen and oxygen atoms in total. The van der Waals surface area contributed by atoms with Crippen LogP contribution in [0.5, 0.6) is 0 Å². The van der Waals surface area contributed by atoms with Gasteiger partial charge in [-0.3, -0.25) is 4.68 Å². The summed E-state index contributed by atoms with van der Waals surface area (Å²) in [5.41, 5.74) is 1.53. The van der Waals surface area contributed by atoms with Crippen molar-refractivity contribution in [3.8, 4) is 0 Å². The van der Waals surface area contributed by atoms with E-state index in [2.05, 4.69) is 63.9 Å². The van der Waals surface area contributed by atoms with E-state index >= 15 is 0 Å². The highest BCUT2D eigenvalue weighted by Crippen LogP contribution is 2.42. The van der Waals surface area contributed by atoms with Crippen LogP contribution in [-0.4, -0.2) is 22.9 Å². The van der Waals surface area contributed by atoms with Gasteiger partial charge in [-0.15, -0.1) is 0 Å².